The molecule has 2 aromatic carbocycles. The van der Waals surface area contributed by atoms with E-state index in [0.29, 0.717) is 22.9 Å². The van der Waals surface area contributed by atoms with Gasteiger partial charge in [-0.1, -0.05) is 43.6 Å². The predicted molar refractivity (Wildman–Crippen MR) is 116 cm³/mol. The van der Waals surface area contributed by atoms with Crippen LogP contribution in [0.2, 0.25) is 5.02 Å². The SMILES string of the molecule is CC(C)CN1C(=O)[C@]2(CC(=O)Nc3c2cnn3-c2ccccc2)c2cc(Cl)ccc21. The summed E-state index contributed by atoms with van der Waals surface area (Å²) in [5.74, 6) is 0.489. The maximum absolute atomic E-state index is 13.9. The van der Waals surface area contributed by atoms with Crippen molar-refractivity contribution in [2.24, 2.45) is 5.92 Å². The molecule has 2 aliphatic heterocycles. The van der Waals surface area contributed by atoms with Crippen molar-refractivity contribution in [3.8, 4) is 5.69 Å². The standard InChI is InChI=1S/C23H21ClN4O2/c1-14(2)13-27-19-9-8-15(24)10-17(19)23(22(27)30)11-20(29)26-21-18(23)12-25-28(21)16-6-4-3-5-7-16/h3-10,12,14H,11,13H2,1-2H3,(H,26,29)/t23-/m1/s1. The Labute approximate surface area is 179 Å². The molecule has 30 heavy (non-hydrogen) atoms. The number of benzene rings is 2. The average Bonchev–Trinajstić information content (AvgIpc) is 3.23. The number of nitrogens with zero attached hydrogens (tertiary/aromatic N) is 3. The molecule has 0 saturated carbocycles. The first-order chi connectivity index (χ1) is 14.4. The molecule has 6 nitrogen and oxygen atoms in total. The third-order valence-corrected chi connectivity index (χ3v) is 6.02. The fourth-order valence-electron chi connectivity index (χ4n) is 4.58. The van der Waals surface area contributed by atoms with E-state index in [4.69, 9.17) is 11.6 Å². The zero-order valence-electron chi connectivity index (χ0n) is 16.7. The van der Waals surface area contributed by atoms with Gasteiger partial charge < -0.3 is 10.2 Å². The van der Waals surface area contributed by atoms with Gasteiger partial charge >= 0.3 is 0 Å². The monoisotopic (exact) mass is 420 g/mol. The molecule has 5 rings (SSSR count). The number of fused-ring (bicyclic) bond motifs is 4. The molecule has 1 aromatic heterocycles. The highest BCUT2D eigenvalue weighted by Crippen LogP contribution is 2.53. The molecule has 0 saturated heterocycles. The van der Waals surface area contributed by atoms with Crippen molar-refractivity contribution >= 4 is 34.9 Å². The number of rotatable bonds is 3. The molecule has 0 aliphatic carbocycles. The van der Waals surface area contributed by atoms with E-state index in [0.717, 1.165) is 16.9 Å². The number of hydrogen-bond donors (Lipinski definition) is 1. The van der Waals surface area contributed by atoms with Gasteiger partial charge in [-0.25, -0.2) is 4.68 Å². The Morgan fingerprint density at radius 3 is 2.63 bits per heavy atom. The summed E-state index contributed by atoms with van der Waals surface area (Å²) < 4.78 is 1.68. The molecule has 0 fully saturated rings. The summed E-state index contributed by atoms with van der Waals surface area (Å²) >= 11 is 6.34. The Morgan fingerprint density at radius 2 is 1.90 bits per heavy atom. The number of hydrogen-bond acceptors (Lipinski definition) is 3. The van der Waals surface area contributed by atoms with Gasteiger partial charge in [-0.2, -0.15) is 5.10 Å². The fourth-order valence-corrected chi connectivity index (χ4v) is 4.75. The molecular weight excluding hydrogens is 400 g/mol. The van der Waals surface area contributed by atoms with E-state index >= 15 is 0 Å². The van der Waals surface area contributed by atoms with Crippen LogP contribution >= 0.6 is 11.6 Å². The molecule has 2 amide bonds. The van der Waals surface area contributed by atoms with Gasteiger partial charge in [0, 0.05) is 29.2 Å². The molecule has 3 aromatic rings. The highest BCUT2D eigenvalue weighted by molar-refractivity contribution is 6.31. The normalized spacial score (nSPS) is 19.9. The van der Waals surface area contributed by atoms with E-state index in [-0.39, 0.29) is 24.2 Å². The summed E-state index contributed by atoms with van der Waals surface area (Å²) in [6.45, 7) is 4.71. The van der Waals surface area contributed by atoms with E-state index in [2.05, 4.69) is 24.3 Å². The number of carbonyl (C=O) groups is 2. The number of nitrogens with one attached hydrogen (secondary N) is 1. The third kappa shape index (κ3) is 2.60. The molecular formula is C23H21ClN4O2. The number of carbonyl (C=O) groups excluding carboxylic acids is 2. The second-order valence-corrected chi connectivity index (χ2v) is 8.69. The number of anilines is 2. The number of halogens is 1. The van der Waals surface area contributed by atoms with Crippen LogP contribution in [-0.4, -0.2) is 28.1 Å². The molecule has 0 bridgehead atoms. The molecule has 1 N–H and O–H groups in total. The first-order valence-corrected chi connectivity index (χ1v) is 10.4. The second kappa shape index (κ2) is 6.71. The Kier molecular flexibility index (Phi) is 4.22. The van der Waals surface area contributed by atoms with Gasteiger partial charge in [0.05, 0.1) is 11.9 Å². The maximum Gasteiger partial charge on any atom is 0.242 e. The minimum absolute atomic E-state index is 0.0290. The van der Waals surface area contributed by atoms with Crippen molar-refractivity contribution in [1.82, 2.24) is 9.78 Å². The third-order valence-electron chi connectivity index (χ3n) is 5.78. The topological polar surface area (TPSA) is 67.2 Å². The molecule has 2 aliphatic rings. The van der Waals surface area contributed by atoms with Crippen molar-refractivity contribution in [2.75, 3.05) is 16.8 Å². The molecule has 152 valence electrons. The second-order valence-electron chi connectivity index (χ2n) is 8.26. The highest BCUT2D eigenvalue weighted by Gasteiger charge is 2.57. The lowest BCUT2D eigenvalue weighted by Gasteiger charge is -2.32. The van der Waals surface area contributed by atoms with E-state index in [1.165, 1.54) is 0 Å². The van der Waals surface area contributed by atoms with Crippen molar-refractivity contribution in [2.45, 2.75) is 25.7 Å². The van der Waals surface area contributed by atoms with Crippen LogP contribution in [0.1, 0.15) is 31.4 Å². The van der Waals surface area contributed by atoms with Crippen molar-refractivity contribution in [3.63, 3.8) is 0 Å². The quantitative estimate of drug-likeness (QED) is 0.691. The van der Waals surface area contributed by atoms with Gasteiger partial charge in [0.15, 0.2) is 0 Å². The zero-order chi connectivity index (χ0) is 21.0. The van der Waals surface area contributed by atoms with Gasteiger partial charge in [-0.15, -0.1) is 0 Å². The van der Waals surface area contributed by atoms with Crippen LogP contribution in [0.4, 0.5) is 11.5 Å². The predicted octanol–water partition coefficient (Wildman–Crippen LogP) is 4.16. The highest BCUT2D eigenvalue weighted by atomic mass is 35.5. The van der Waals surface area contributed by atoms with E-state index in [1.54, 1.807) is 21.8 Å². The van der Waals surface area contributed by atoms with Gasteiger partial charge in [0.2, 0.25) is 11.8 Å². The Morgan fingerprint density at radius 1 is 1.13 bits per heavy atom. The van der Waals surface area contributed by atoms with Gasteiger partial charge in [0.25, 0.3) is 0 Å². The maximum atomic E-state index is 13.9. The first kappa shape index (κ1) is 18.9. The van der Waals surface area contributed by atoms with Crippen LogP contribution in [0.15, 0.2) is 54.7 Å². The Bertz CT molecular complexity index is 1170. The summed E-state index contributed by atoms with van der Waals surface area (Å²) in [6, 6.07) is 15.0. The lowest BCUT2D eigenvalue weighted by Crippen LogP contribution is -2.47. The van der Waals surface area contributed by atoms with Crippen LogP contribution < -0.4 is 10.2 Å². The molecule has 7 heteroatoms. The Hall–Kier alpha value is -3.12. The van der Waals surface area contributed by atoms with Crippen LogP contribution in [-0.2, 0) is 15.0 Å². The summed E-state index contributed by atoms with van der Waals surface area (Å²) in [5, 5.41) is 8.01. The largest absolute Gasteiger partial charge is 0.311 e. The molecule has 1 spiro atoms. The van der Waals surface area contributed by atoms with Gasteiger partial charge in [-0.05, 0) is 41.8 Å². The number of para-hydroxylation sites is 1. The van der Waals surface area contributed by atoms with Crippen molar-refractivity contribution in [1.29, 1.82) is 0 Å². The van der Waals surface area contributed by atoms with Crippen LogP contribution in [0.5, 0.6) is 0 Å². The lowest BCUT2D eigenvalue weighted by atomic mass is 9.72. The fraction of sp³-hybridized carbons (Fsp3) is 0.261. The molecule has 3 heterocycles. The minimum Gasteiger partial charge on any atom is -0.311 e. The zero-order valence-corrected chi connectivity index (χ0v) is 17.5. The van der Waals surface area contributed by atoms with E-state index in [9.17, 15) is 9.59 Å². The molecule has 0 unspecified atom stereocenters. The van der Waals surface area contributed by atoms with Crippen molar-refractivity contribution < 1.29 is 9.59 Å². The molecule has 1 atom stereocenters. The summed E-state index contributed by atoms with van der Waals surface area (Å²) in [4.78, 5) is 28.6. The van der Waals surface area contributed by atoms with E-state index in [1.807, 2.05) is 42.5 Å². The van der Waals surface area contributed by atoms with Crippen molar-refractivity contribution in [3.05, 3.63) is 70.9 Å². The van der Waals surface area contributed by atoms with Crippen LogP contribution in [0, 0.1) is 5.92 Å². The summed E-state index contributed by atoms with van der Waals surface area (Å²) in [6.07, 6.45) is 1.73. The number of amides is 2. The van der Waals surface area contributed by atoms with Gasteiger partial charge in [0.1, 0.15) is 11.2 Å². The summed E-state index contributed by atoms with van der Waals surface area (Å²) in [5.41, 5.74) is 1.97. The first-order valence-electron chi connectivity index (χ1n) is 9.97. The van der Waals surface area contributed by atoms with Crippen LogP contribution in [0.3, 0.4) is 0 Å². The van der Waals surface area contributed by atoms with Crippen LogP contribution in [0.25, 0.3) is 5.69 Å². The minimum atomic E-state index is -1.13. The molecule has 0 radical (unpaired) electrons. The van der Waals surface area contributed by atoms with Gasteiger partial charge in [-0.3, -0.25) is 9.59 Å². The smallest absolute Gasteiger partial charge is 0.242 e. The van der Waals surface area contributed by atoms with E-state index < -0.39 is 5.41 Å². The summed E-state index contributed by atoms with van der Waals surface area (Å²) in [7, 11) is 0. The average molecular weight is 421 g/mol. The Balaban J connectivity index is 1.76. The number of aromatic nitrogens is 2. The lowest BCUT2D eigenvalue weighted by molar-refractivity contribution is -0.126.